The Kier molecular flexibility index (Phi) is 5.69. The standard InChI is InChI=1S/C18H21NO5S/c1-12-5-8-16(17(9-12)23-3)24-11-18(20)19-15-10-14(25(4,21)22)7-6-13(15)2/h5-10H,11H2,1-4H3,(H,19,20). The molecule has 0 heterocycles. The van der Waals surface area contributed by atoms with Gasteiger partial charge in [0.15, 0.2) is 27.9 Å². The summed E-state index contributed by atoms with van der Waals surface area (Å²) in [7, 11) is -1.82. The number of amides is 1. The molecule has 0 spiro atoms. The SMILES string of the molecule is COc1cc(C)ccc1OCC(=O)Nc1cc(S(C)(=O)=O)ccc1C. The maximum absolute atomic E-state index is 12.1. The number of carbonyl (C=O) groups is 1. The lowest BCUT2D eigenvalue weighted by molar-refractivity contribution is -0.118. The number of hydrogen-bond donors (Lipinski definition) is 1. The van der Waals surface area contributed by atoms with Crippen LogP contribution < -0.4 is 14.8 Å². The number of anilines is 1. The van der Waals surface area contributed by atoms with Crippen molar-refractivity contribution in [1.82, 2.24) is 0 Å². The Hall–Kier alpha value is -2.54. The van der Waals surface area contributed by atoms with Gasteiger partial charge < -0.3 is 14.8 Å². The topological polar surface area (TPSA) is 81.7 Å². The summed E-state index contributed by atoms with van der Waals surface area (Å²) in [5.41, 5.74) is 2.21. The summed E-state index contributed by atoms with van der Waals surface area (Å²) in [6, 6.07) is 10.00. The Labute approximate surface area is 147 Å². The molecule has 2 aromatic rings. The first-order valence-corrected chi connectivity index (χ1v) is 9.48. The molecule has 1 amide bonds. The van der Waals surface area contributed by atoms with Crippen molar-refractivity contribution in [2.24, 2.45) is 0 Å². The zero-order chi connectivity index (χ0) is 18.6. The van der Waals surface area contributed by atoms with Gasteiger partial charge in [-0.2, -0.15) is 0 Å². The summed E-state index contributed by atoms with van der Waals surface area (Å²) >= 11 is 0. The highest BCUT2D eigenvalue weighted by Crippen LogP contribution is 2.27. The van der Waals surface area contributed by atoms with Crippen LogP contribution in [-0.4, -0.2) is 34.3 Å². The van der Waals surface area contributed by atoms with Crippen molar-refractivity contribution in [1.29, 1.82) is 0 Å². The van der Waals surface area contributed by atoms with Crippen molar-refractivity contribution in [2.45, 2.75) is 18.7 Å². The summed E-state index contributed by atoms with van der Waals surface area (Å²) in [6.45, 7) is 3.49. The summed E-state index contributed by atoms with van der Waals surface area (Å²) in [5.74, 6) is 0.615. The van der Waals surface area contributed by atoms with E-state index in [1.807, 2.05) is 19.1 Å². The zero-order valence-corrected chi connectivity index (χ0v) is 15.4. The number of rotatable bonds is 6. The number of carbonyl (C=O) groups excluding carboxylic acids is 1. The first-order chi connectivity index (χ1) is 11.7. The summed E-state index contributed by atoms with van der Waals surface area (Å²) in [4.78, 5) is 12.3. The van der Waals surface area contributed by atoms with Crippen molar-refractivity contribution in [3.8, 4) is 11.5 Å². The van der Waals surface area contributed by atoms with E-state index in [0.717, 1.165) is 17.4 Å². The van der Waals surface area contributed by atoms with Gasteiger partial charge in [0.05, 0.1) is 12.0 Å². The quantitative estimate of drug-likeness (QED) is 0.853. The highest BCUT2D eigenvalue weighted by molar-refractivity contribution is 7.90. The largest absolute Gasteiger partial charge is 0.493 e. The molecule has 0 aromatic heterocycles. The van der Waals surface area contributed by atoms with Gasteiger partial charge in [0.2, 0.25) is 0 Å². The number of methoxy groups -OCH3 is 1. The van der Waals surface area contributed by atoms with E-state index in [1.165, 1.54) is 19.2 Å². The maximum Gasteiger partial charge on any atom is 0.262 e. The van der Waals surface area contributed by atoms with Crippen molar-refractivity contribution < 1.29 is 22.7 Å². The van der Waals surface area contributed by atoms with E-state index in [1.54, 1.807) is 19.1 Å². The molecule has 1 N–H and O–H groups in total. The molecule has 6 nitrogen and oxygen atoms in total. The molecule has 0 radical (unpaired) electrons. The summed E-state index contributed by atoms with van der Waals surface area (Å²) < 4.78 is 34.0. The van der Waals surface area contributed by atoms with Crippen molar-refractivity contribution >= 4 is 21.4 Å². The van der Waals surface area contributed by atoms with E-state index < -0.39 is 15.7 Å². The molecule has 0 saturated carbocycles. The molecule has 0 saturated heterocycles. The average Bonchev–Trinajstić information content (AvgIpc) is 2.54. The van der Waals surface area contributed by atoms with E-state index >= 15 is 0 Å². The fraction of sp³-hybridized carbons (Fsp3) is 0.278. The molecule has 0 atom stereocenters. The average molecular weight is 363 g/mol. The molecule has 7 heteroatoms. The number of aryl methyl sites for hydroxylation is 2. The predicted octanol–water partition coefficient (Wildman–Crippen LogP) is 2.73. The molecule has 2 aromatic carbocycles. The van der Waals surface area contributed by atoms with Gasteiger partial charge >= 0.3 is 0 Å². The fourth-order valence-electron chi connectivity index (χ4n) is 2.19. The molecular formula is C18H21NO5S. The van der Waals surface area contributed by atoms with Gasteiger partial charge in [-0.25, -0.2) is 8.42 Å². The van der Waals surface area contributed by atoms with Crippen LogP contribution in [0.3, 0.4) is 0 Å². The normalized spacial score (nSPS) is 11.0. The second-order valence-corrected chi connectivity index (χ2v) is 7.76. The Bertz CT molecular complexity index is 890. The van der Waals surface area contributed by atoms with Crippen LogP contribution in [0, 0.1) is 13.8 Å². The first kappa shape index (κ1) is 18.8. The molecule has 2 rings (SSSR count). The molecular weight excluding hydrogens is 342 g/mol. The summed E-state index contributed by atoms with van der Waals surface area (Å²) in [5, 5.41) is 2.67. The third kappa shape index (κ3) is 4.96. The van der Waals surface area contributed by atoms with Gasteiger partial charge in [-0.1, -0.05) is 12.1 Å². The number of hydrogen-bond acceptors (Lipinski definition) is 5. The smallest absolute Gasteiger partial charge is 0.262 e. The van der Waals surface area contributed by atoms with Crippen LogP contribution >= 0.6 is 0 Å². The number of ether oxygens (including phenoxy) is 2. The third-order valence-electron chi connectivity index (χ3n) is 3.59. The van der Waals surface area contributed by atoms with E-state index in [9.17, 15) is 13.2 Å². The molecule has 0 aliphatic heterocycles. The van der Waals surface area contributed by atoms with Crippen LogP contribution in [0.25, 0.3) is 0 Å². The Balaban J connectivity index is 2.08. The highest BCUT2D eigenvalue weighted by atomic mass is 32.2. The minimum Gasteiger partial charge on any atom is -0.493 e. The minimum atomic E-state index is -3.35. The van der Waals surface area contributed by atoms with Crippen LogP contribution in [0.2, 0.25) is 0 Å². The second kappa shape index (κ2) is 7.57. The van der Waals surface area contributed by atoms with E-state index in [4.69, 9.17) is 9.47 Å². The van der Waals surface area contributed by atoms with Gasteiger partial charge in [-0.15, -0.1) is 0 Å². The lowest BCUT2D eigenvalue weighted by Crippen LogP contribution is -2.21. The molecule has 0 aliphatic carbocycles. The monoisotopic (exact) mass is 363 g/mol. The van der Waals surface area contributed by atoms with Crippen molar-refractivity contribution in [3.63, 3.8) is 0 Å². The maximum atomic E-state index is 12.1. The minimum absolute atomic E-state index is 0.148. The molecule has 0 fully saturated rings. The van der Waals surface area contributed by atoms with Gasteiger partial charge in [0, 0.05) is 11.9 Å². The second-order valence-electron chi connectivity index (χ2n) is 5.74. The van der Waals surface area contributed by atoms with E-state index in [2.05, 4.69) is 5.32 Å². The van der Waals surface area contributed by atoms with E-state index in [0.29, 0.717) is 17.2 Å². The fourth-order valence-corrected chi connectivity index (χ4v) is 2.84. The van der Waals surface area contributed by atoms with Gasteiger partial charge in [0.1, 0.15) is 0 Å². The van der Waals surface area contributed by atoms with Crippen LogP contribution in [0.4, 0.5) is 5.69 Å². The first-order valence-electron chi connectivity index (χ1n) is 7.58. The van der Waals surface area contributed by atoms with Crippen LogP contribution in [0.1, 0.15) is 11.1 Å². The number of nitrogens with one attached hydrogen (secondary N) is 1. The van der Waals surface area contributed by atoms with Gasteiger partial charge in [-0.3, -0.25) is 4.79 Å². The van der Waals surface area contributed by atoms with Crippen LogP contribution in [0.5, 0.6) is 11.5 Å². The molecule has 134 valence electrons. The van der Waals surface area contributed by atoms with Crippen LogP contribution in [-0.2, 0) is 14.6 Å². The Morgan fingerprint density at radius 3 is 2.44 bits per heavy atom. The Morgan fingerprint density at radius 2 is 1.80 bits per heavy atom. The van der Waals surface area contributed by atoms with Crippen LogP contribution in [0.15, 0.2) is 41.3 Å². The zero-order valence-electron chi connectivity index (χ0n) is 14.6. The lowest BCUT2D eigenvalue weighted by atomic mass is 10.2. The van der Waals surface area contributed by atoms with Gasteiger partial charge in [-0.05, 0) is 49.2 Å². The number of benzene rings is 2. The predicted molar refractivity (Wildman–Crippen MR) is 96.1 cm³/mol. The lowest BCUT2D eigenvalue weighted by Gasteiger charge is -2.13. The highest BCUT2D eigenvalue weighted by Gasteiger charge is 2.12. The van der Waals surface area contributed by atoms with Crippen molar-refractivity contribution in [2.75, 3.05) is 25.3 Å². The Morgan fingerprint density at radius 1 is 1.08 bits per heavy atom. The number of sulfone groups is 1. The molecule has 25 heavy (non-hydrogen) atoms. The molecule has 0 unspecified atom stereocenters. The summed E-state index contributed by atoms with van der Waals surface area (Å²) in [6.07, 6.45) is 1.12. The van der Waals surface area contributed by atoms with Crippen molar-refractivity contribution in [3.05, 3.63) is 47.5 Å². The van der Waals surface area contributed by atoms with E-state index in [-0.39, 0.29) is 11.5 Å². The van der Waals surface area contributed by atoms with Gasteiger partial charge in [0.25, 0.3) is 5.91 Å². The molecule has 0 bridgehead atoms. The third-order valence-corrected chi connectivity index (χ3v) is 4.70. The molecule has 0 aliphatic rings.